The second-order valence-corrected chi connectivity index (χ2v) is 6.02. The molecule has 2 atom stereocenters. The zero-order valence-corrected chi connectivity index (χ0v) is 12.6. The lowest BCUT2D eigenvalue weighted by Gasteiger charge is -2.39. The van der Waals surface area contributed by atoms with Crippen LogP contribution < -0.4 is 10.6 Å². The zero-order valence-electron chi connectivity index (χ0n) is 11.0. The van der Waals surface area contributed by atoms with Gasteiger partial charge in [-0.15, -0.1) is 0 Å². The molecule has 2 rings (SSSR count). The van der Waals surface area contributed by atoms with Gasteiger partial charge in [0.25, 0.3) is 0 Å². The van der Waals surface area contributed by atoms with Gasteiger partial charge in [0, 0.05) is 28.3 Å². The third kappa shape index (κ3) is 3.09. The highest BCUT2D eigenvalue weighted by atomic mass is 79.9. The number of aliphatic hydroxyl groups excluding tert-OH is 1. The van der Waals surface area contributed by atoms with Gasteiger partial charge in [0.15, 0.2) is 0 Å². The minimum atomic E-state index is -0.237. The van der Waals surface area contributed by atoms with Crippen molar-refractivity contribution in [2.75, 3.05) is 11.4 Å². The molecule has 0 aromatic heterocycles. The van der Waals surface area contributed by atoms with Gasteiger partial charge in [-0.1, -0.05) is 15.9 Å². The van der Waals surface area contributed by atoms with Crippen LogP contribution in [-0.2, 0) is 11.4 Å². The lowest BCUT2D eigenvalue weighted by atomic mass is 9.92. The minimum absolute atomic E-state index is 0.0147. The summed E-state index contributed by atoms with van der Waals surface area (Å²) in [6.07, 6.45) is 1.78. The van der Waals surface area contributed by atoms with Crippen molar-refractivity contribution in [1.29, 1.82) is 0 Å². The Morgan fingerprint density at radius 3 is 2.89 bits per heavy atom. The number of carbonyl (C=O) groups is 1. The standard InChI is InChI=1S/C14H19BrN2O2/c1-9-2-3-10(14(16)19)7-17(9)13-5-4-12(15)6-11(13)8-18/h4-6,9-10,18H,2-3,7-8H2,1H3,(H2,16,19). The van der Waals surface area contributed by atoms with Crippen LogP contribution >= 0.6 is 15.9 Å². The number of aliphatic hydroxyl groups is 1. The van der Waals surface area contributed by atoms with E-state index >= 15 is 0 Å². The average Bonchev–Trinajstić information content (AvgIpc) is 2.39. The van der Waals surface area contributed by atoms with Crippen molar-refractivity contribution < 1.29 is 9.90 Å². The molecule has 0 aliphatic carbocycles. The van der Waals surface area contributed by atoms with Crippen LogP contribution in [0.15, 0.2) is 22.7 Å². The smallest absolute Gasteiger partial charge is 0.222 e. The Bertz CT molecular complexity index is 479. The van der Waals surface area contributed by atoms with Gasteiger partial charge in [-0.3, -0.25) is 4.79 Å². The molecule has 0 radical (unpaired) electrons. The fraction of sp³-hybridized carbons (Fsp3) is 0.500. The Labute approximate surface area is 121 Å². The number of hydrogen-bond donors (Lipinski definition) is 2. The summed E-state index contributed by atoms with van der Waals surface area (Å²) in [4.78, 5) is 13.6. The largest absolute Gasteiger partial charge is 0.392 e. The highest BCUT2D eigenvalue weighted by Gasteiger charge is 2.29. The van der Waals surface area contributed by atoms with Crippen molar-refractivity contribution in [1.82, 2.24) is 0 Å². The van der Waals surface area contributed by atoms with Crippen LogP contribution in [0.5, 0.6) is 0 Å². The summed E-state index contributed by atoms with van der Waals surface area (Å²) < 4.78 is 0.941. The van der Waals surface area contributed by atoms with Crippen LogP contribution in [0.3, 0.4) is 0 Å². The molecule has 19 heavy (non-hydrogen) atoms. The van der Waals surface area contributed by atoms with Crippen LogP contribution in [0, 0.1) is 5.92 Å². The Balaban J connectivity index is 2.30. The minimum Gasteiger partial charge on any atom is -0.392 e. The number of primary amides is 1. The van der Waals surface area contributed by atoms with Gasteiger partial charge in [-0.05, 0) is 38.0 Å². The van der Waals surface area contributed by atoms with Crippen molar-refractivity contribution in [2.45, 2.75) is 32.4 Å². The van der Waals surface area contributed by atoms with Crippen LogP contribution in [0.4, 0.5) is 5.69 Å². The van der Waals surface area contributed by atoms with Gasteiger partial charge in [-0.25, -0.2) is 0 Å². The van der Waals surface area contributed by atoms with Crippen molar-refractivity contribution in [3.63, 3.8) is 0 Å². The first-order valence-electron chi connectivity index (χ1n) is 6.48. The summed E-state index contributed by atoms with van der Waals surface area (Å²) in [5, 5.41) is 9.50. The maximum atomic E-state index is 11.4. The van der Waals surface area contributed by atoms with E-state index in [9.17, 15) is 9.90 Å². The fourth-order valence-electron chi connectivity index (χ4n) is 2.64. The number of anilines is 1. The molecule has 1 heterocycles. The van der Waals surface area contributed by atoms with Crippen molar-refractivity contribution in [3.8, 4) is 0 Å². The van der Waals surface area contributed by atoms with Gasteiger partial charge >= 0.3 is 0 Å². The normalized spacial score (nSPS) is 23.4. The first-order chi connectivity index (χ1) is 9.02. The summed E-state index contributed by atoms with van der Waals surface area (Å²) >= 11 is 3.41. The lowest BCUT2D eigenvalue weighted by Crippen LogP contribution is -2.46. The number of halogens is 1. The van der Waals surface area contributed by atoms with Gasteiger partial charge in [-0.2, -0.15) is 0 Å². The van der Waals surface area contributed by atoms with E-state index in [4.69, 9.17) is 5.73 Å². The molecule has 1 aromatic carbocycles. The molecule has 2 unspecified atom stereocenters. The first-order valence-corrected chi connectivity index (χ1v) is 7.27. The van der Waals surface area contributed by atoms with Crippen LogP contribution in [0.2, 0.25) is 0 Å². The summed E-state index contributed by atoms with van der Waals surface area (Å²) in [6, 6.07) is 6.20. The Morgan fingerprint density at radius 2 is 2.26 bits per heavy atom. The van der Waals surface area contributed by atoms with E-state index in [1.54, 1.807) is 0 Å². The quantitative estimate of drug-likeness (QED) is 0.893. The number of nitrogens with zero attached hydrogens (tertiary/aromatic N) is 1. The van der Waals surface area contributed by atoms with Crippen molar-refractivity contribution >= 4 is 27.5 Å². The van der Waals surface area contributed by atoms with E-state index in [-0.39, 0.29) is 18.4 Å². The Kier molecular flexibility index (Phi) is 4.47. The summed E-state index contributed by atoms with van der Waals surface area (Å²) in [5.41, 5.74) is 7.28. The third-order valence-corrected chi connectivity index (χ3v) is 4.30. The molecule has 5 heteroatoms. The molecule has 4 nitrogen and oxygen atoms in total. The number of piperidine rings is 1. The van der Waals surface area contributed by atoms with E-state index in [1.807, 2.05) is 18.2 Å². The molecule has 1 aliphatic rings. The fourth-order valence-corrected chi connectivity index (χ4v) is 3.04. The van der Waals surface area contributed by atoms with E-state index in [1.165, 1.54) is 0 Å². The highest BCUT2D eigenvalue weighted by molar-refractivity contribution is 9.10. The van der Waals surface area contributed by atoms with Crippen molar-refractivity contribution in [2.24, 2.45) is 11.7 Å². The summed E-state index contributed by atoms with van der Waals surface area (Å²) in [5.74, 6) is -0.342. The molecule has 1 aromatic rings. The molecule has 0 bridgehead atoms. The third-order valence-electron chi connectivity index (χ3n) is 3.81. The van der Waals surface area contributed by atoms with E-state index in [0.29, 0.717) is 12.6 Å². The molecule has 104 valence electrons. The Morgan fingerprint density at radius 1 is 1.53 bits per heavy atom. The van der Waals surface area contributed by atoms with Crippen LogP contribution in [0.1, 0.15) is 25.3 Å². The number of hydrogen-bond acceptors (Lipinski definition) is 3. The second kappa shape index (κ2) is 5.92. The lowest BCUT2D eigenvalue weighted by molar-refractivity contribution is -0.122. The number of amides is 1. The van der Waals surface area contributed by atoms with Crippen molar-refractivity contribution in [3.05, 3.63) is 28.2 Å². The molecule has 1 saturated heterocycles. The molecule has 1 amide bonds. The monoisotopic (exact) mass is 326 g/mol. The number of carbonyl (C=O) groups excluding carboxylic acids is 1. The average molecular weight is 327 g/mol. The Hall–Kier alpha value is -1.07. The topological polar surface area (TPSA) is 66.6 Å². The molecular formula is C14H19BrN2O2. The summed E-state index contributed by atoms with van der Waals surface area (Å²) in [7, 11) is 0. The maximum absolute atomic E-state index is 11.4. The molecular weight excluding hydrogens is 308 g/mol. The number of rotatable bonds is 3. The summed E-state index contributed by atoms with van der Waals surface area (Å²) in [6.45, 7) is 2.75. The molecule has 0 spiro atoms. The van der Waals surface area contributed by atoms with Gasteiger partial charge in [0.05, 0.1) is 12.5 Å². The molecule has 0 saturated carbocycles. The van der Waals surface area contributed by atoms with E-state index in [2.05, 4.69) is 27.8 Å². The maximum Gasteiger partial charge on any atom is 0.222 e. The second-order valence-electron chi connectivity index (χ2n) is 5.11. The molecule has 1 aliphatic heterocycles. The zero-order chi connectivity index (χ0) is 14.0. The number of nitrogens with two attached hydrogens (primary N) is 1. The number of benzene rings is 1. The SMILES string of the molecule is CC1CCC(C(N)=O)CN1c1ccc(Br)cc1CO. The highest BCUT2D eigenvalue weighted by Crippen LogP contribution is 2.31. The predicted octanol–water partition coefficient (Wildman–Crippen LogP) is 2.03. The molecule has 1 fully saturated rings. The van der Waals surface area contributed by atoms with E-state index in [0.717, 1.165) is 28.6 Å². The first kappa shape index (κ1) is 14.3. The van der Waals surface area contributed by atoms with Gasteiger partial charge in [0.1, 0.15) is 0 Å². The van der Waals surface area contributed by atoms with Crippen LogP contribution in [0.25, 0.3) is 0 Å². The van der Waals surface area contributed by atoms with Gasteiger partial charge in [0.2, 0.25) is 5.91 Å². The molecule has 3 N–H and O–H groups in total. The van der Waals surface area contributed by atoms with Gasteiger partial charge < -0.3 is 15.7 Å². The van der Waals surface area contributed by atoms with E-state index < -0.39 is 0 Å². The predicted molar refractivity (Wildman–Crippen MR) is 78.8 cm³/mol. The van der Waals surface area contributed by atoms with Crippen LogP contribution in [-0.4, -0.2) is 23.6 Å².